The van der Waals surface area contributed by atoms with E-state index in [1.54, 1.807) is 12.1 Å². The zero-order chi connectivity index (χ0) is 15.2. The van der Waals surface area contributed by atoms with Crippen LogP contribution in [-0.4, -0.2) is 49.2 Å². The van der Waals surface area contributed by atoms with Gasteiger partial charge in [0.05, 0.1) is 7.11 Å². The van der Waals surface area contributed by atoms with Crippen molar-refractivity contribution >= 4 is 5.91 Å². The first kappa shape index (κ1) is 15.6. The first-order valence-corrected chi connectivity index (χ1v) is 7.50. The van der Waals surface area contributed by atoms with Gasteiger partial charge in [-0.15, -0.1) is 0 Å². The fourth-order valence-electron chi connectivity index (χ4n) is 2.87. The van der Waals surface area contributed by atoms with Crippen LogP contribution in [0.1, 0.15) is 36.0 Å². The predicted octanol–water partition coefficient (Wildman–Crippen LogP) is 2.00. The number of carbonyl (C=O) groups excluding carboxylic acids is 1. The van der Waals surface area contributed by atoms with Crippen LogP contribution in [0, 0.1) is 0 Å². The molecule has 1 heterocycles. The highest BCUT2D eigenvalue weighted by atomic mass is 16.5. The van der Waals surface area contributed by atoms with E-state index in [0.717, 1.165) is 32.4 Å². The van der Waals surface area contributed by atoms with Gasteiger partial charge in [-0.25, -0.2) is 0 Å². The first-order valence-electron chi connectivity index (χ1n) is 7.50. The third-order valence-electron chi connectivity index (χ3n) is 4.04. The predicted molar refractivity (Wildman–Crippen MR) is 81.9 cm³/mol. The minimum Gasteiger partial charge on any atom is -0.504 e. The largest absolute Gasteiger partial charge is 0.504 e. The second kappa shape index (κ2) is 7.31. The summed E-state index contributed by atoms with van der Waals surface area (Å²) in [4.78, 5) is 14.6. The Morgan fingerprint density at radius 1 is 1.48 bits per heavy atom. The lowest BCUT2D eigenvalue weighted by atomic mass is 9.98. The van der Waals surface area contributed by atoms with Crippen molar-refractivity contribution < 1.29 is 14.6 Å². The number of hydrogen-bond acceptors (Lipinski definition) is 4. The lowest BCUT2D eigenvalue weighted by Crippen LogP contribution is -2.44. The number of ether oxygens (including phenoxy) is 1. The summed E-state index contributed by atoms with van der Waals surface area (Å²) in [5.74, 6) is 0.387. The van der Waals surface area contributed by atoms with Crippen LogP contribution in [0.3, 0.4) is 0 Å². The number of likely N-dealkylation sites (tertiary alicyclic amines) is 1. The van der Waals surface area contributed by atoms with E-state index >= 15 is 0 Å². The molecule has 5 heteroatoms. The molecule has 1 aromatic carbocycles. The molecule has 0 saturated carbocycles. The Balaban J connectivity index is 2.14. The number of methoxy groups -OCH3 is 1. The summed E-state index contributed by atoms with van der Waals surface area (Å²) < 4.78 is 5.02. The van der Waals surface area contributed by atoms with Gasteiger partial charge in [-0.05, 0) is 57.5 Å². The van der Waals surface area contributed by atoms with E-state index in [1.165, 1.54) is 19.6 Å². The number of aromatic hydroxyl groups is 1. The molecule has 1 atom stereocenters. The Labute approximate surface area is 125 Å². The molecule has 116 valence electrons. The van der Waals surface area contributed by atoms with Gasteiger partial charge >= 0.3 is 0 Å². The number of piperidine rings is 1. The molecule has 0 radical (unpaired) electrons. The van der Waals surface area contributed by atoms with Crippen LogP contribution >= 0.6 is 0 Å². The van der Waals surface area contributed by atoms with Crippen molar-refractivity contribution in [3.8, 4) is 11.5 Å². The average Bonchev–Trinajstić information content (AvgIpc) is 2.52. The molecule has 1 fully saturated rings. The first-order chi connectivity index (χ1) is 10.2. The third kappa shape index (κ3) is 3.67. The summed E-state index contributed by atoms with van der Waals surface area (Å²) in [7, 11) is 3.42. The molecule has 2 rings (SSSR count). The molecule has 1 amide bonds. The highest BCUT2D eigenvalue weighted by Gasteiger charge is 2.27. The van der Waals surface area contributed by atoms with E-state index in [1.807, 2.05) is 11.9 Å². The van der Waals surface area contributed by atoms with Crippen molar-refractivity contribution in [2.75, 3.05) is 27.2 Å². The number of nitrogens with one attached hydrogen (secondary N) is 1. The topological polar surface area (TPSA) is 61.8 Å². The highest BCUT2D eigenvalue weighted by Crippen LogP contribution is 2.28. The smallest absolute Gasteiger partial charge is 0.254 e. The van der Waals surface area contributed by atoms with Gasteiger partial charge < -0.3 is 20.1 Å². The summed E-state index contributed by atoms with van der Waals surface area (Å²) in [5.41, 5.74) is 0.518. The van der Waals surface area contributed by atoms with E-state index in [9.17, 15) is 9.90 Å². The second-order valence-corrected chi connectivity index (χ2v) is 5.43. The quantitative estimate of drug-likeness (QED) is 0.871. The third-order valence-corrected chi connectivity index (χ3v) is 4.04. The van der Waals surface area contributed by atoms with Gasteiger partial charge in [0.25, 0.3) is 5.91 Å². The summed E-state index contributed by atoms with van der Waals surface area (Å²) >= 11 is 0. The lowest BCUT2D eigenvalue weighted by molar-refractivity contribution is 0.0602. The molecular weight excluding hydrogens is 268 g/mol. The molecule has 0 aliphatic carbocycles. The van der Waals surface area contributed by atoms with Crippen LogP contribution < -0.4 is 10.1 Å². The van der Waals surface area contributed by atoms with Crippen molar-refractivity contribution in [1.29, 1.82) is 0 Å². The van der Waals surface area contributed by atoms with Crippen LogP contribution in [0.2, 0.25) is 0 Å². The van der Waals surface area contributed by atoms with Crippen LogP contribution in [0.25, 0.3) is 0 Å². The van der Waals surface area contributed by atoms with E-state index in [-0.39, 0.29) is 17.7 Å². The number of hydrogen-bond donors (Lipinski definition) is 2. The number of benzene rings is 1. The monoisotopic (exact) mass is 292 g/mol. The van der Waals surface area contributed by atoms with E-state index in [4.69, 9.17) is 4.74 Å². The summed E-state index contributed by atoms with van der Waals surface area (Å²) in [6.45, 7) is 1.70. The molecule has 1 saturated heterocycles. The molecule has 0 spiro atoms. The molecule has 5 nitrogen and oxygen atoms in total. The Morgan fingerprint density at radius 3 is 2.95 bits per heavy atom. The number of amides is 1. The molecule has 2 N–H and O–H groups in total. The van der Waals surface area contributed by atoms with Gasteiger partial charge in [0.15, 0.2) is 11.5 Å². The standard InChI is InChI=1S/C16H24N2O3/c1-17-9-8-13-5-3-4-10-18(13)16(20)12-6-7-15(21-2)14(19)11-12/h6-7,11,13,17,19H,3-5,8-10H2,1-2H3. The van der Waals surface area contributed by atoms with Gasteiger partial charge in [0.2, 0.25) is 0 Å². The SMILES string of the molecule is CNCCC1CCCCN1C(=O)c1ccc(OC)c(O)c1. The summed E-state index contributed by atoms with van der Waals surface area (Å²) in [5, 5.41) is 13.0. The molecule has 0 bridgehead atoms. The fraction of sp³-hybridized carbons (Fsp3) is 0.562. The summed E-state index contributed by atoms with van der Waals surface area (Å²) in [6, 6.07) is 5.12. The number of phenols is 1. The second-order valence-electron chi connectivity index (χ2n) is 5.43. The normalized spacial score (nSPS) is 18.6. The Bertz CT molecular complexity index is 490. The molecule has 1 aromatic rings. The van der Waals surface area contributed by atoms with Crippen LogP contribution in [0.4, 0.5) is 0 Å². The Hall–Kier alpha value is -1.75. The molecule has 1 aliphatic heterocycles. The van der Waals surface area contributed by atoms with Crippen LogP contribution in [0.15, 0.2) is 18.2 Å². The summed E-state index contributed by atoms with van der Waals surface area (Å²) in [6.07, 6.45) is 4.23. The lowest BCUT2D eigenvalue weighted by Gasteiger charge is -2.36. The zero-order valence-corrected chi connectivity index (χ0v) is 12.8. The van der Waals surface area contributed by atoms with Gasteiger partial charge in [0, 0.05) is 18.2 Å². The van der Waals surface area contributed by atoms with Crippen molar-refractivity contribution in [1.82, 2.24) is 10.2 Å². The van der Waals surface area contributed by atoms with Crippen molar-refractivity contribution in [3.63, 3.8) is 0 Å². The number of nitrogens with zero attached hydrogens (tertiary/aromatic N) is 1. The zero-order valence-electron chi connectivity index (χ0n) is 12.8. The minimum absolute atomic E-state index is 0.00578. The maximum Gasteiger partial charge on any atom is 0.254 e. The van der Waals surface area contributed by atoms with Crippen LogP contribution in [0.5, 0.6) is 11.5 Å². The van der Waals surface area contributed by atoms with E-state index in [0.29, 0.717) is 11.3 Å². The molecule has 1 unspecified atom stereocenters. The molecular formula is C16H24N2O3. The maximum atomic E-state index is 12.7. The highest BCUT2D eigenvalue weighted by molar-refractivity contribution is 5.95. The van der Waals surface area contributed by atoms with Gasteiger partial charge in [-0.3, -0.25) is 4.79 Å². The number of phenolic OH excluding ortho intramolecular Hbond substituents is 1. The molecule has 21 heavy (non-hydrogen) atoms. The van der Waals surface area contributed by atoms with E-state index < -0.39 is 0 Å². The minimum atomic E-state index is -0.00578. The number of carbonyl (C=O) groups is 1. The van der Waals surface area contributed by atoms with Gasteiger partial charge in [0.1, 0.15) is 0 Å². The fourth-order valence-corrected chi connectivity index (χ4v) is 2.87. The van der Waals surface area contributed by atoms with Gasteiger partial charge in [-0.2, -0.15) is 0 Å². The number of rotatable bonds is 5. The average molecular weight is 292 g/mol. The molecule has 1 aliphatic rings. The Morgan fingerprint density at radius 2 is 2.29 bits per heavy atom. The van der Waals surface area contributed by atoms with Gasteiger partial charge in [-0.1, -0.05) is 0 Å². The Kier molecular flexibility index (Phi) is 5.44. The molecule has 0 aromatic heterocycles. The van der Waals surface area contributed by atoms with Crippen molar-refractivity contribution in [2.45, 2.75) is 31.7 Å². The maximum absolute atomic E-state index is 12.7. The van der Waals surface area contributed by atoms with Crippen LogP contribution in [-0.2, 0) is 0 Å². The van der Waals surface area contributed by atoms with Crippen molar-refractivity contribution in [3.05, 3.63) is 23.8 Å². The van der Waals surface area contributed by atoms with E-state index in [2.05, 4.69) is 5.32 Å². The van der Waals surface area contributed by atoms with Crippen molar-refractivity contribution in [2.24, 2.45) is 0 Å².